The molecule has 0 aliphatic rings. The average molecular weight is 213 g/mol. The van der Waals surface area contributed by atoms with E-state index in [0.29, 0.717) is 5.75 Å². The van der Waals surface area contributed by atoms with Gasteiger partial charge < -0.3 is 9.47 Å². The van der Waals surface area contributed by atoms with Crippen LogP contribution < -0.4 is 4.74 Å². The predicted molar refractivity (Wildman–Crippen MR) is 62.1 cm³/mol. The molecule has 0 spiro atoms. The average Bonchev–Trinajstić information content (AvgIpc) is 2.38. The number of para-hydroxylation sites is 1. The van der Waals surface area contributed by atoms with Crippen LogP contribution >= 0.6 is 0 Å². The molecule has 2 rings (SSSR count). The van der Waals surface area contributed by atoms with Crippen LogP contribution in [0.3, 0.4) is 0 Å². The molecule has 0 saturated carbocycles. The van der Waals surface area contributed by atoms with E-state index in [-0.39, 0.29) is 6.29 Å². The van der Waals surface area contributed by atoms with Gasteiger partial charge in [-0.1, -0.05) is 48.5 Å². The number of benzene rings is 2. The molecule has 0 aliphatic carbocycles. The number of methoxy groups -OCH3 is 1. The smallest absolute Gasteiger partial charge is 0.226 e. The Balaban J connectivity index is 2.13. The van der Waals surface area contributed by atoms with E-state index < -0.39 is 0 Å². The van der Waals surface area contributed by atoms with Gasteiger partial charge in [0.15, 0.2) is 0 Å². The Bertz CT molecular complexity index is 411. The fourth-order valence-electron chi connectivity index (χ4n) is 1.43. The molecular weight excluding hydrogens is 200 g/mol. The maximum absolute atomic E-state index is 5.67. The molecular formula is C14H13O2. The van der Waals surface area contributed by atoms with E-state index in [4.69, 9.17) is 9.47 Å². The minimum absolute atomic E-state index is 0.389. The van der Waals surface area contributed by atoms with Gasteiger partial charge in [-0.3, -0.25) is 0 Å². The first-order chi connectivity index (χ1) is 7.90. The highest BCUT2D eigenvalue weighted by molar-refractivity contribution is 5.22. The number of ether oxygens (including phenoxy) is 2. The van der Waals surface area contributed by atoms with Gasteiger partial charge in [-0.05, 0) is 6.07 Å². The Morgan fingerprint density at radius 3 is 2.38 bits per heavy atom. The lowest BCUT2D eigenvalue weighted by Gasteiger charge is -2.17. The fraction of sp³-hybridized carbons (Fsp3) is 0.143. The number of rotatable bonds is 4. The van der Waals surface area contributed by atoms with Crippen molar-refractivity contribution in [1.82, 2.24) is 0 Å². The van der Waals surface area contributed by atoms with Crippen molar-refractivity contribution in [2.45, 2.75) is 6.29 Å². The zero-order valence-electron chi connectivity index (χ0n) is 9.09. The summed E-state index contributed by atoms with van der Waals surface area (Å²) in [5, 5.41) is 0. The van der Waals surface area contributed by atoms with Crippen molar-refractivity contribution in [3.05, 3.63) is 66.2 Å². The van der Waals surface area contributed by atoms with Crippen LogP contribution in [0, 0.1) is 6.07 Å². The highest BCUT2D eigenvalue weighted by Gasteiger charge is 2.10. The second-order valence-corrected chi connectivity index (χ2v) is 3.32. The monoisotopic (exact) mass is 213 g/mol. The normalized spacial score (nSPS) is 12.1. The van der Waals surface area contributed by atoms with E-state index in [1.165, 1.54) is 0 Å². The van der Waals surface area contributed by atoms with Gasteiger partial charge in [-0.15, -0.1) is 0 Å². The van der Waals surface area contributed by atoms with Crippen LogP contribution in [0.2, 0.25) is 0 Å². The van der Waals surface area contributed by atoms with Crippen LogP contribution in [0.5, 0.6) is 5.75 Å². The lowest BCUT2D eigenvalue weighted by Crippen LogP contribution is -2.09. The second kappa shape index (κ2) is 5.33. The molecule has 81 valence electrons. The molecule has 2 aromatic carbocycles. The van der Waals surface area contributed by atoms with E-state index in [0.717, 1.165) is 5.56 Å². The second-order valence-electron chi connectivity index (χ2n) is 3.32. The van der Waals surface area contributed by atoms with E-state index >= 15 is 0 Å². The van der Waals surface area contributed by atoms with E-state index in [1.54, 1.807) is 7.11 Å². The molecule has 1 radical (unpaired) electrons. The molecule has 2 heteroatoms. The summed E-state index contributed by atoms with van der Waals surface area (Å²) in [6.45, 7) is 0. The maximum atomic E-state index is 5.67. The van der Waals surface area contributed by atoms with Gasteiger partial charge in [0.25, 0.3) is 0 Å². The van der Waals surface area contributed by atoms with Gasteiger partial charge in [0.1, 0.15) is 5.75 Å². The minimum atomic E-state index is -0.389. The van der Waals surface area contributed by atoms with E-state index in [2.05, 4.69) is 6.07 Å². The van der Waals surface area contributed by atoms with Crippen molar-refractivity contribution in [2.24, 2.45) is 0 Å². The molecule has 0 amide bonds. The first-order valence-corrected chi connectivity index (χ1v) is 5.11. The molecule has 16 heavy (non-hydrogen) atoms. The number of hydrogen-bond acceptors (Lipinski definition) is 2. The summed E-state index contributed by atoms with van der Waals surface area (Å²) in [5.41, 5.74) is 0.988. The van der Waals surface area contributed by atoms with E-state index in [9.17, 15) is 0 Å². The molecule has 0 heterocycles. The summed E-state index contributed by atoms with van der Waals surface area (Å²) in [6, 6.07) is 20.3. The Hall–Kier alpha value is -1.80. The van der Waals surface area contributed by atoms with Crippen molar-refractivity contribution >= 4 is 0 Å². The summed E-state index contributed by atoms with van der Waals surface area (Å²) >= 11 is 0. The summed E-state index contributed by atoms with van der Waals surface area (Å²) in [5.74, 6) is 0.679. The Labute approximate surface area is 95.4 Å². The topological polar surface area (TPSA) is 18.5 Å². The van der Waals surface area contributed by atoms with Crippen LogP contribution in [0.15, 0.2) is 54.6 Å². The molecule has 0 bridgehead atoms. The van der Waals surface area contributed by atoms with Gasteiger partial charge in [0, 0.05) is 18.7 Å². The van der Waals surface area contributed by atoms with Crippen molar-refractivity contribution in [2.75, 3.05) is 7.11 Å². The largest absolute Gasteiger partial charge is 0.460 e. The lowest BCUT2D eigenvalue weighted by molar-refractivity contribution is -0.0563. The van der Waals surface area contributed by atoms with Crippen LogP contribution in [-0.4, -0.2) is 7.11 Å². The van der Waals surface area contributed by atoms with E-state index in [1.807, 2.05) is 54.6 Å². The molecule has 2 aromatic rings. The molecule has 2 nitrogen and oxygen atoms in total. The summed E-state index contributed by atoms with van der Waals surface area (Å²) in [6.07, 6.45) is -0.389. The zero-order chi connectivity index (χ0) is 11.2. The first-order valence-electron chi connectivity index (χ1n) is 5.11. The highest BCUT2D eigenvalue weighted by atomic mass is 16.7. The third-order valence-corrected chi connectivity index (χ3v) is 2.20. The standard InChI is InChI=1S/C14H13O2/c1-15-14(12-8-4-2-5-9-12)16-13-10-6-3-7-11-13/h2-10,14H,1H3. The zero-order valence-corrected chi connectivity index (χ0v) is 9.09. The van der Waals surface area contributed by atoms with Gasteiger partial charge >= 0.3 is 0 Å². The highest BCUT2D eigenvalue weighted by Crippen LogP contribution is 2.21. The summed E-state index contributed by atoms with van der Waals surface area (Å²) in [7, 11) is 1.63. The van der Waals surface area contributed by atoms with Gasteiger partial charge in [0.2, 0.25) is 6.29 Å². The summed E-state index contributed by atoms with van der Waals surface area (Å²) < 4.78 is 11.0. The Morgan fingerprint density at radius 2 is 1.75 bits per heavy atom. The predicted octanol–water partition coefficient (Wildman–Crippen LogP) is 3.21. The molecule has 1 atom stereocenters. The van der Waals surface area contributed by atoms with Gasteiger partial charge in [-0.2, -0.15) is 0 Å². The lowest BCUT2D eigenvalue weighted by atomic mass is 10.2. The first kappa shape index (κ1) is 10.7. The van der Waals surface area contributed by atoms with Crippen LogP contribution in [-0.2, 0) is 4.74 Å². The van der Waals surface area contributed by atoms with Crippen LogP contribution in [0.4, 0.5) is 0 Å². The third-order valence-electron chi connectivity index (χ3n) is 2.20. The van der Waals surface area contributed by atoms with Gasteiger partial charge in [-0.25, -0.2) is 0 Å². The van der Waals surface area contributed by atoms with Crippen molar-refractivity contribution in [3.8, 4) is 5.75 Å². The maximum Gasteiger partial charge on any atom is 0.226 e. The van der Waals surface area contributed by atoms with Crippen molar-refractivity contribution in [1.29, 1.82) is 0 Å². The fourth-order valence-corrected chi connectivity index (χ4v) is 1.43. The minimum Gasteiger partial charge on any atom is -0.460 e. The quantitative estimate of drug-likeness (QED) is 0.726. The van der Waals surface area contributed by atoms with Crippen molar-refractivity contribution in [3.63, 3.8) is 0 Å². The van der Waals surface area contributed by atoms with Gasteiger partial charge in [0.05, 0.1) is 0 Å². The molecule has 0 aromatic heterocycles. The third kappa shape index (κ3) is 2.61. The van der Waals surface area contributed by atoms with Crippen LogP contribution in [0.25, 0.3) is 0 Å². The molecule has 0 aliphatic heterocycles. The molecule has 0 N–H and O–H groups in total. The molecule has 0 fully saturated rings. The van der Waals surface area contributed by atoms with Crippen LogP contribution in [0.1, 0.15) is 11.9 Å². The SMILES string of the molecule is COC(Oc1[c]cccc1)c1ccccc1. The number of hydrogen-bond donors (Lipinski definition) is 0. The Kier molecular flexibility index (Phi) is 3.57. The summed E-state index contributed by atoms with van der Waals surface area (Å²) in [4.78, 5) is 0. The Morgan fingerprint density at radius 1 is 1.00 bits per heavy atom. The molecule has 1 unspecified atom stereocenters. The van der Waals surface area contributed by atoms with Crippen molar-refractivity contribution < 1.29 is 9.47 Å². The molecule has 0 saturated heterocycles.